The summed E-state index contributed by atoms with van der Waals surface area (Å²) in [6, 6.07) is 6.96. The first kappa shape index (κ1) is 17.5. The Morgan fingerprint density at radius 2 is 1.81 bits per heavy atom. The van der Waals surface area contributed by atoms with Crippen molar-refractivity contribution in [3.05, 3.63) is 29.8 Å². The van der Waals surface area contributed by atoms with Gasteiger partial charge < -0.3 is 10.6 Å². The normalized spacial score (nSPS) is 13.0. The van der Waals surface area contributed by atoms with E-state index in [1.165, 1.54) is 0 Å². The lowest BCUT2D eigenvalue weighted by Crippen LogP contribution is -2.38. The molecule has 0 aliphatic heterocycles. The minimum Gasteiger partial charge on any atom is -0.325 e. The number of alkyl halides is 3. The summed E-state index contributed by atoms with van der Waals surface area (Å²) in [4.78, 5) is 11.9. The zero-order valence-electron chi connectivity index (χ0n) is 12.3. The van der Waals surface area contributed by atoms with Gasteiger partial charge in [0.25, 0.3) is 0 Å². The maximum Gasteiger partial charge on any atom is 0.389 e. The van der Waals surface area contributed by atoms with Gasteiger partial charge in [0.15, 0.2) is 0 Å². The molecular weight excluding hydrogens is 281 g/mol. The summed E-state index contributed by atoms with van der Waals surface area (Å²) in [6.45, 7) is 4.03. The molecule has 0 radical (unpaired) electrons. The lowest BCUT2D eigenvalue weighted by atomic mass is 10.2. The van der Waals surface area contributed by atoms with Crippen molar-refractivity contribution in [3.8, 4) is 0 Å². The minimum absolute atomic E-state index is 0.0722. The van der Waals surface area contributed by atoms with Crippen molar-refractivity contribution in [1.29, 1.82) is 0 Å². The summed E-state index contributed by atoms with van der Waals surface area (Å²) in [5, 5.41) is 5.67. The summed E-state index contributed by atoms with van der Waals surface area (Å²) in [6.07, 6.45) is -4.42. The molecule has 0 heterocycles. The SMILES string of the molecule is Cc1ccc(NC(=O)C(C)NCCCCC(F)(F)F)cc1. The molecule has 0 aliphatic rings. The Bertz CT molecular complexity index is 443. The maximum atomic E-state index is 12.0. The Morgan fingerprint density at radius 3 is 2.38 bits per heavy atom. The number of carbonyl (C=O) groups is 1. The van der Waals surface area contributed by atoms with Gasteiger partial charge in [0.05, 0.1) is 6.04 Å². The first-order chi connectivity index (χ1) is 9.78. The number of rotatable bonds is 7. The highest BCUT2D eigenvalue weighted by molar-refractivity contribution is 5.94. The van der Waals surface area contributed by atoms with Gasteiger partial charge in [0, 0.05) is 12.1 Å². The summed E-state index contributed by atoms with van der Waals surface area (Å²) < 4.78 is 35.9. The summed E-state index contributed by atoms with van der Waals surface area (Å²) >= 11 is 0. The quantitative estimate of drug-likeness (QED) is 0.755. The number of benzene rings is 1. The van der Waals surface area contributed by atoms with E-state index in [9.17, 15) is 18.0 Å². The van der Waals surface area contributed by atoms with E-state index < -0.39 is 18.6 Å². The van der Waals surface area contributed by atoms with Crippen LogP contribution in [-0.2, 0) is 4.79 Å². The van der Waals surface area contributed by atoms with Crippen LogP contribution in [0.4, 0.5) is 18.9 Å². The van der Waals surface area contributed by atoms with Crippen molar-refractivity contribution in [1.82, 2.24) is 5.32 Å². The lowest BCUT2D eigenvalue weighted by Gasteiger charge is -2.14. The van der Waals surface area contributed by atoms with Gasteiger partial charge >= 0.3 is 6.18 Å². The Kier molecular flexibility index (Phi) is 6.68. The molecule has 21 heavy (non-hydrogen) atoms. The number of hydrogen-bond donors (Lipinski definition) is 2. The summed E-state index contributed by atoms with van der Waals surface area (Å²) in [5.41, 5.74) is 1.81. The molecular formula is C15H21F3N2O. The molecule has 0 bridgehead atoms. The fourth-order valence-electron chi connectivity index (χ4n) is 1.75. The largest absolute Gasteiger partial charge is 0.389 e. The highest BCUT2D eigenvalue weighted by atomic mass is 19.4. The molecule has 1 atom stereocenters. The summed E-state index contributed by atoms with van der Waals surface area (Å²) in [7, 11) is 0. The van der Waals surface area contributed by atoms with E-state index >= 15 is 0 Å². The number of carbonyl (C=O) groups excluding carboxylic acids is 1. The van der Waals surface area contributed by atoms with E-state index in [0.29, 0.717) is 18.7 Å². The van der Waals surface area contributed by atoms with Gasteiger partial charge in [-0.2, -0.15) is 13.2 Å². The van der Waals surface area contributed by atoms with Gasteiger partial charge in [0.1, 0.15) is 0 Å². The van der Waals surface area contributed by atoms with Gasteiger partial charge in [-0.3, -0.25) is 4.79 Å². The van der Waals surface area contributed by atoms with Crippen LogP contribution in [0.1, 0.15) is 31.7 Å². The van der Waals surface area contributed by atoms with Crippen molar-refractivity contribution >= 4 is 11.6 Å². The highest BCUT2D eigenvalue weighted by Crippen LogP contribution is 2.21. The number of anilines is 1. The van der Waals surface area contributed by atoms with E-state index in [2.05, 4.69) is 10.6 Å². The Balaban J connectivity index is 2.23. The number of nitrogens with one attached hydrogen (secondary N) is 2. The van der Waals surface area contributed by atoms with Crippen LogP contribution in [0.5, 0.6) is 0 Å². The van der Waals surface area contributed by atoms with Crippen LogP contribution in [-0.4, -0.2) is 24.7 Å². The van der Waals surface area contributed by atoms with Crippen molar-refractivity contribution in [2.45, 2.75) is 45.3 Å². The third kappa shape index (κ3) is 7.70. The third-order valence-corrected chi connectivity index (χ3v) is 3.05. The first-order valence-corrected chi connectivity index (χ1v) is 6.95. The molecule has 0 spiro atoms. The van der Waals surface area contributed by atoms with Gasteiger partial charge in [-0.15, -0.1) is 0 Å². The molecule has 1 unspecified atom stereocenters. The Morgan fingerprint density at radius 1 is 1.19 bits per heavy atom. The predicted octanol–water partition coefficient (Wildman–Crippen LogP) is 3.64. The van der Waals surface area contributed by atoms with E-state index in [1.54, 1.807) is 6.92 Å². The zero-order valence-corrected chi connectivity index (χ0v) is 12.3. The fraction of sp³-hybridized carbons (Fsp3) is 0.533. The van der Waals surface area contributed by atoms with E-state index in [0.717, 1.165) is 5.56 Å². The molecule has 0 aromatic heterocycles. The highest BCUT2D eigenvalue weighted by Gasteiger charge is 2.25. The number of halogens is 3. The number of unbranched alkanes of at least 4 members (excludes halogenated alkanes) is 1. The predicted molar refractivity (Wildman–Crippen MR) is 77.2 cm³/mol. The topological polar surface area (TPSA) is 41.1 Å². The Hall–Kier alpha value is -1.56. The van der Waals surface area contributed by atoms with Crippen molar-refractivity contribution in [3.63, 3.8) is 0 Å². The first-order valence-electron chi connectivity index (χ1n) is 6.95. The smallest absolute Gasteiger partial charge is 0.325 e. The average Bonchev–Trinajstić information content (AvgIpc) is 2.39. The molecule has 1 rings (SSSR count). The molecule has 2 N–H and O–H groups in total. The molecule has 118 valence electrons. The van der Waals surface area contributed by atoms with Gasteiger partial charge in [0.2, 0.25) is 5.91 Å². The van der Waals surface area contributed by atoms with Crippen LogP contribution in [0.2, 0.25) is 0 Å². The van der Waals surface area contributed by atoms with E-state index in [1.807, 2.05) is 31.2 Å². The lowest BCUT2D eigenvalue weighted by molar-refractivity contribution is -0.135. The second-order valence-corrected chi connectivity index (χ2v) is 5.10. The molecule has 0 saturated heterocycles. The maximum absolute atomic E-state index is 12.0. The second-order valence-electron chi connectivity index (χ2n) is 5.10. The molecule has 1 aromatic carbocycles. The molecule has 0 aliphatic carbocycles. The molecule has 1 aromatic rings. The zero-order chi connectivity index (χ0) is 15.9. The fourth-order valence-corrected chi connectivity index (χ4v) is 1.75. The Labute approximate surface area is 122 Å². The molecule has 0 fully saturated rings. The monoisotopic (exact) mass is 302 g/mol. The standard InChI is InChI=1S/C15H21F3N2O/c1-11-5-7-13(8-6-11)20-14(21)12(2)19-10-4-3-9-15(16,17)18/h5-8,12,19H,3-4,9-10H2,1-2H3,(H,20,21). The van der Waals surface area contributed by atoms with Crippen LogP contribution in [0, 0.1) is 6.92 Å². The van der Waals surface area contributed by atoms with Crippen molar-refractivity contribution < 1.29 is 18.0 Å². The molecule has 6 heteroatoms. The van der Waals surface area contributed by atoms with E-state index in [-0.39, 0.29) is 12.3 Å². The average molecular weight is 302 g/mol. The number of amides is 1. The van der Waals surface area contributed by atoms with Crippen LogP contribution >= 0.6 is 0 Å². The van der Waals surface area contributed by atoms with Crippen LogP contribution in [0.25, 0.3) is 0 Å². The minimum atomic E-state index is -4.10. The molecule has 1 amide bonds. The van der Waals surface area contributed by atoms with Crippen molar-refractivity contribution in [2.24, 2.45) is 0 Å². The van der Waals surface area contributed by atoms with Gasteiger partial charge in [-0.1, -0.05) is 17.7 Å². The number of hydrogen-bond acceptors (Lipinski definition) is 2. The molecule has 3 nitrogen and oxygen atoms in total. The van der Waals surface area contributed by atoms with Crippen LogP contribution in [0.3, 0.4) is 0 Å². The third-order valence-electron chi connectivity index (χ3n) is 3.05. The molecule has 0 saturated carbocycles. The van der Waals surface area contributed by atoms with Crippen LogP contribution in [0.15, 0.2) is 24.3 Å². The van der Waals surface area contributed by atoms with E-state index in [4.69, 9.17) is 0 Å². The van der Waals surface area contributed by atoms with Crippen LogP contribution < -0.4 is 10.6 Å². The number of aryl methyl sites for hydroxylation is 1. The summed E-state index contributed by atoms with van der Waals surface area (Å²) in [5.74, 6) is -0.199. The second kappa shape index (κ2) is 8.02. The van der Waals surface area contributed by atoms with Gasteiger partial charge in [-0.05, 0) is 45.4 Å². The van der Waals surface area contributed by atoms with Gasteiger partial charge in [-0.25, -0.2) is 0 Å². The van der Waals surface area contributed by atoms with Crippen molar-refractivity contribution in [2.75, 3.05) is 11.9 Å².